The summed E-state index contributed by atoms with van der Waals surface area (Å²) >= 11 is 6.03. The molecule has 2 heterocycles. The van der Waals surface area contributed by atoms with Crippen LogP contribution in [0, 0.1) is 0 Å². The molecule has 0 unspecified atom stereocenters. The van der Waals surface area contributed by atoms with E-state index in [4.69, 9.17) is 16.3 Å². The second-order valence-electron chi connectivity index (χ2n) is 6.95. The Morgan fingerprint density at radius 2 is 1.79 bits per heavy atom. The molecule has 28 heavy (non-hydrogen) atoms. The largest absolute Gasteiger partial charge is 0.497 e. The Balaban J connectivity index is 1.89. The molecule has 2 aromatic carbocycles. The average Bonchev–Trinajstić information content (AvgIpc) is 3.08. The van der Waals surface area contributed by atoms with Crippen LogP contribution in [0.3, 0.4) is 0 Å². The molecule has 1 aliphatic heterocycles. The summed E-state index contributed by atoms with van der Waals surface area (Å²) in [6.45, 7) is 3.53. The molecule has 1 fully saturated rings. The molecule has 0 aliphatic carbocycles. The molecule has 1 saturated heterocycles. The Hall–Kier alpha value is -2.22. The van der Waals surface area contributed by atoms with Gasteiger partial charge in [0.05, 0.1) is 23.2 Å². The molecule has 148 valence electrons. The van der Waals surface area contributed by atoms with E-state index in [2.05, 4.69) is 16.8 Å². The third kappa shape index (κ3) is 3.34. The van der Waals surface area contributed by atoms with Gasteiger partial charge in [0.15, 0.2) is 0 Å². The first-order chi connectivity index (χ1) is 13.4. The van der Waals surface area contributed by atoms with Crippen LogP contribution in [0.15, 0.2) is 53.6 Å². The molecule has 0 N–H and O–H groups in total. The summed E-state index contributed by atoms with van der Waals surface area (Å²) in [6, 6.07) is 11.8. The first-order valence-electron chi connectivity index (χ1n) is 9.04. The standard InChI is InChI=1S/C20H22ClN3O3S/c1-22-8-10-23(11-9-22)20-14-24(19-7-6-16(27-2)13-18(19)20)28(25,26)17-5-3-4-15(21)12-17/h3-7,12-14H,8-11H2,1-2H3. The smallest absolute Gasteiger partial charge is 0.268 e. The zero-order chi connectivity index (χ0) is 19.9. The number of piperazine rings is 1. The summed E-state index contributed by atoms with van der Waals surface area (Å²) in [5.74, 6) is 0.695. The van der Waals surface area contributed by atoms with Gasteiger partial charge in [-0.15, -0.1) is 0 Å². The van der Waals surface area contributed by atoms with Gasteiger partial charge in [-0.05, 0) is 43.4 Å². The zero-order valence-electron chi connectivity index (χ0n) is 15.8. The van der Waals surface area contributed by atoms with Crippen LogP contribution in [0.1, 0.15) is 0 Å². The Morgan fingerprint density at radius 3 is 2.46 bits per heavy atom. The molecule has 8 heteroatoms. The normalized spacial score (nSPS) is 15.9. The molecule has 1 aliphatic rings. The van der Waals surface area contributed by atoms with Crippen molar-refractivity contribution in [3.8, 4) is 5.75 Å². The second-order valence-corrected chi connectivity index (χ2v) is 9.20. The number of nitrogens with zero attached hydrogens (tertiary/aromatic N) is 3. The molecule has 3 aromatic rings. The maximum absolute atomic E-state index is 13.3. The van der Waals surface area contributed by atoms with E-state index in [1.807, 2.05) is 6.07 Å². The number of rotatable bonds is 4. The lowest BCUT2D eigenvalue weighted by Gasteiger charge is -2.33. The second kappa shape index (κ2) is 7.31. The number of aromatic nitrogens is 1. The van der Waals surface area contributed by atoms with Crippen LogP contribution < -0.4 is 9.64 Å². The van der Waals surface area contributed by atoms with Gasteiger partial charge in [-0.1, -0.05) is 17.7 Å². The van der Waals surface area contributed by atoms with Crippen LogP contribution in [-0.4, -0.2) is 57.6 Å². The first-order valence-corrected chi connectivity index (χ1v) is 10.9. The molecule has 0 amide bonds. The monoisotopic (exact) mass is 419 g/mol. The highest BCUT2D eigenvalue weighted by Crippen LogP contribution is 2.35. The van der Waals surface area contributed by atoms with E-state index < -0.39 is 10.0 Å². The van der Waals surface area contributed by atoms with E-state index in [9.17, 15) is 8.42 Å². The summed E-state index contributed by atoms with van der Waals surface area (Å²) in [7, 11) is -0.0839. The number of halogens is 1. The number of methoxy groups -OCH3 is 1. The highest BCUT2D eigenvalue weighted by molar-refractivity contribution is 7.90. The Bertz CT molecular complexity index is 1120. The number of likely N-dealkylation sites (N-methyl/N-ethyl adjacent to an activating group) is 1. The Kier molecular flexibility index (Phi) is 4.99. The van der Waals surface area contributed by atoms with E-state index in [0.717, 1.165) is 37.3 Å². The van der Waals surface area contributed by atoms with Crippen LogP contribution in [0.5, 0.6) is 5.75 Å². The summed E-state index contributed by atoms with van der Waals surface area (Å²) in [5, 5.41) is 1.24. The fourth-order valence-electron chi connectivity index (χ4n) is 3.53. The van der Waals surface area contributed by atoms with Crippen molar-refractivity contribution < 1.29 is 13.2 Å². The first kappa shape index (κ1) is 19.1. The average molecular weight is 420 g/mol. The molecule has 0 saturated carbocycles. The molecule has 0 spiro atoms. The minimum atomic E-state index is -3.78. The van der Waals surface area contributed by atoms with Gasteiger partial charge in [0, 0.05) is 42.8 Å². The highest BCUT2D eigenvalue weighted by atomic mass is 35.5. The maximum Gasteiger partial charge on any atom is 0.268 e. The highest BCUT2D eigenvalue weighted by Gasteiger charge is 2.25. The number of hydrogen-bond donors (Lipinski definition) is 0. The van der Waals surface area contributed by atoms with E-state index in [-0.39, 0.29) is 4.90 Å². The van der Waals surface area contributed by atoms with E-state index in [1.54, 1.807) is 43.6 Å². The third-order valence-electron chi connectivity index (χ3n) is 5.15. The predicted octanol–water partition coefficient (Wildman–Crippen LogP) is 3.29. The van der Waals surface area contributed by atoms with Gasteiger partial charge in [-0.25, -0.2) is 12.4 Å². The topological polar surface area (TPSA) is 54.8 Å². The summed E-state index contributed by atoms with van der Waals surface area (Å²) < 4.78 is 33.4. The summed E-state index contributed by atoms with van der Waals surface area (Å²) in [6.07, 6.45) is 1.71. The molecule has 0 atom stereocenters. The number of hydrogen-bond acceptors (Lipinski definition) is 5. The lowest BCUT2D eigenvalue weighted by molar-refractivity contribution is 0.313. The lowest BCUT2D eigenvalue weighted by Crippen LogP contribution is -2.44. The molecule has 4 rings (SSSR count). The van der Waals surface area contributed by atoms with E-state index in [1.165, 1.54) is 10.0 Å². The lowest BCUT2D eigenvalue weighted by atomic mass is 10.2. The third-order valence-corrected chi connectivity index (χ3v) is 7.06. The number of ether oxygens (including phenoxy) is 1. The van der Waals surface area contributed by atoms with Crippen LogP contribution in [0.4, 0.5) is 5.69 Å². The molecule has 6 nitrogen and oxygen atoms in total. The summed E-state index contributed by atoms with van der Waals surface area (Å²) in [5.41, 5.74) is 1.52. The van der Waals surface area contributed by atoms with Gasteiger partial charge in [0.1, 0.15) is 5.75 Å². The Labute approximate surface area is 169 Å². The fraction of sp³-hybridized carbons (Fsp3) is 0.300. The molecular formula is C20H22ClN3O3S. The number of benzene rings is 2. The van der Waals surface area contributed by atoms with Crippen molar-refractivity contribution in [2.24, 2.45) is 0 Å². The Morgan fingerprint density at radius 1 is 1.04 bits per heavy atom. The van der Waals surface area contributed by atoms with Crippen molar-refractivity contribution in [3.05, 3.63) is 53.7 Å². The van der Waals surface area contributed by atoms with Crippen molar-refractivity contribution in [1.29, 1.82) is 0 Å². The van der Waals surface area contributed by atoms with Gasteiger partial charge < -0.3 is 14.5 Å². The molecule has 0 bridgehead atoms. The fourth-order valence-corrected chi connectivity index (χ4v) is 5.19. The van der Waals surface area contributed by atoms with Gasteiger partial charge >= 0.3 is 0 Å². The molecule has 0 radical (unpaired) electrons. The summed E-state index contributed by atoms with van der Waals surface area (Å²) in [4.78, 5) is 4.66. The molecule has 1 aromatic heterocycles. The van der Waals surface area contributed by atoms with E-state index >= 15 is 0 Å². The number of fused-ring (bicyclic) bond motifs is 1. The van der Waals surface area contributed by atoms with Crippen molar-refractivity contribution in [2.45, 2.75) is 4.90 Å². The van der Waals surface area contributed by atoms with Gasteiger partial charge in [0.25, 0.3) is 10.0 Å². The van der Waals surface area contributed by atoms with Crippen molar-refractivity contribution >= 4 is 38.2 Å². The minimum absolute atomic E-state index is 0.164. The van der Waals surface area contributed by atoms with Gasteiger partial charge in [-0.2, -0.15) is 0 Å². The van der Waals surface area contributed by atoms with E-state index in [0.29, 0.717) is 16.3 Å². The molecular weight excluding hydrogens is 398 g/mol. The predicted molar refractivity (Wildman–Crippen MR) is 112 cm³/mol. The quantitative estimate of drug-likeness (QED) is 0.649. The zero-order valence-corrected chi connectivity index (χ0v) is 17.4. The van der Waals surface area contributed by atoms with Crippen molar-refractivity contribution in [2.75, 3.05) is 45.2 Å². The maximum atomic E-state index is 13.3. The van der Waals surface area contributed by atoms with Crippen molar-refractivity contribution in [3.63, 3.8) is 0 Å². The minimum Gasteiger partial charge on any atom is -0.497 e. The van der Waals surface area contributed by atoms with Crippen LogP contribution in [-0.2, 0) is 10.0 Å². The van der Waals surface area contributed by atoms with Crippen molar-refractivity contribution in [1.82, 2.24) is 8.87 Å². The SMILES string of the molecule is COc1ccc2c(c1)c(N1CCN(C)CC1)cn2S(=O)(=O)c1cccc(Cl)c1. The van der Waals surface area contributed by atoms with Crippen LogP contribution in [0.25, 0.3) is 10.9 Å². The van der Waals surface area contributed by atoms with Crippen LogP contribution >= 0.6 is 11.6 Å². The number of anilines is 1. The van der Waals surface area contributed by atoms with Crippen LogP contribution in [0.2, 0.25) is 5.02 Å². The van der Waals surface area contributed by atoms with Gasteiger partial charge in [0.2, 0.25) is 0 Å². The van der Waals surface area contributed by atoms with Gasteiger partial charge in [-0.3, -0.25) is 0 Å².